The van der Waals surface area contributed by atoms with Gasteiger partial charge in [-0.25, -0.2) is 0 Å². The number of hydrogen-bond donors (Lipinski definition) is 2. The maximum atomic E-state index is 12.4. The molecule has 1 heterocycles. The summed E-state index contributed by atoms with van der Waals surface area (Å²) in [6.45, 7) is 5.70. The lowest BCUT2D eigenvalue weighted by atomic mass is 9.95. The van der Waals surface area contributed by atoms with E-state index in [1.165, 1.54) is 5.56 Å². The zero-order chi connectivity index (χ0) is 22.4. The second kappa shape index (κ2) is 10.1. The summed E-state index contributed by atoms with van der Waals surface area (Å²) in [5, 5.41) is 5.62. The molecule has 7 heteroatoms. The highest BCUT2D eigenvalue weighted by molar-refractivity contribution is 5.99. The number of fused-ring (bicyclic) bond motifs is 1. The number of amides is 2. The van der Waals surface area contributed by atoms with Gasteiger partial charge in [-0.05, 0) is 35.6 Å². The Kier molecular flexibility index (Phi) is 7.28. The first kappa shape index (κ1) is 22.3. The summed E-state index contributed by atoms with van der Waals surface area (Å²) in [6.07, 6.45) is -0.325. The monoisotopic (exact) mass is 424 g/mol. The van der Waals surface area contributed by atoms with E-state index in [1.54, 1.807) is 24.3 Å². The minimum absolute atomic E-state index is 0.159. The first-order valence-corrected chi connectivity index (χ1v) is 10.5. The molecule has 0 fully saturated rings. The zero-order valence-corrected chi connectivity index (χ0v) is 18.0. The summed E-state index contributed by atoms with van der Waals surface area (Å²) in [4.78, 5) is 36.7. The molecule has 0 spiro atoms. The molecule has 2 amide bonds. The molecule has 2 N–H and O–H groups in total. The molecular weight excluding hydrogens is 396 g/mol. The molecule has 0 aliphatic carbocycles. The van der Waals surface area contributed by atoms with Gasteiger partial charge in [-0.1, -0.05) is 57.2 Å². The van der Waals surface area contributed by atoms with Crippen LogP contribution in [0.25, 0.3) is 0 Å². The maximum absolute atomic E-state index is 12.4. The third kappa shape index (κ3) is 5.84. The van der Waals surface area contributed by atoms with Crippen molar-refractivity contribution in [2.24, 2.45) is 5.92 Å². The number of hydrogen-bond acceptors (Lipinski definition) is 5. The van der Waals surface area contributed by atoms with E-state index < -0.39 is 30.5 Å². The lowest BCUT2D eigenvalue weighted by molar-refractivity contribution is -0.151. The van der Waals surface area contributed by atoms with Crippen molar-refractivity contribution >= 4 is 23.5 Å². The highest BCUT2D eigenvalue weighted by Gasteiger charge is 2.30. The van der Waals surface area contributed by atoms with Crippen molar-refractivity contribution in [1.29, 1.82) is 0 Å². The maximum Gasteiger partial charge on any atom is 0.310 e. The van der Waals surface area contributed by atoms with E-state index in [0.29, 0.717) is 11.4 Å². The molecule has 2 atom stereocenters. The van der Waals surface area contributed by atoms with Crippen LogP contribution in [0.4, 0.5) is 5.69 Å². The van der Waals surface area contributed by atoms with E-state index in [2.05, 4.69) is 17.6 Å². The minimum Gasteiger partial charge on any atom is -0.478 e. The van der Waals surface area contributed by atoms with Crippen LogP contribution in [0, 0.1) is 5.92 Å². The van der Waals surface area contributed by atoms with Crippen LogP contribution in [0.2, 0.25) is 0 Å². The predicted molar refractivity (Wildman–Crippen MR) is 117 cm³/mol. The minimum atomic E-state index is -0.994. The summed E-state index contributed by atoms with van der Waals surface area (Å²) in [7, 11) is 0. The molecule has 2 aromatic carbocycles. The van der Waals surface area contributed by atoms with Gasteiger partial charge in [-0.2, -0.15) is 0 Å². The smallest absolute Gasteiger partial charge is 0.310 e. The largest absolute Gasteiger partial charge is 0.478 e. The number of rotatable bonds is 8. The molecule has 164 valence electrons. The van der Waals surface area contributed by atoms with E-state index >= 15 is 0 Å². The fraction of sp³-hybridized carbons (Fsp3) is 0.375. The molecule has 0 bridgehead atoms. The Bertz CT molecular complexity index is 939. The molecule has 0 saturated heterocycles. The number of aryl methyl sites for hydroxylation is 1. The highest BCUT2D eigenvalue weighted by Crippen LogP contribution is 2.29. The van der Waals surface area contributed by atoms with Crippen LogP contribution < -0.4 is 15.4 Å². The van der Waals surface area contributed by atoms with Gasteiger partial charge in [0, 0.05) is 0 Å². The van der Waals surface area contributed by atoms with Crippen molar-refractivity contribution < 1.29 is 23.9 Å². The standard InChI is InChI=1S/C24H28N2O5/c1-4-16-9-11-17(12-10-16)23(15(2)3)26-21(27)14-30-22(28)13-20-24(29)25-18-7-5-6-8-19(18)31-20/h5-12,15,20,23H,4,13-14H2,1-3H3,(H,25,29)(H,26,27)/t20-,23-/m0/s1. The summed E-state index contributed by atoms with van der Waals surface area (Å²) in [5.74, 6) is -0.845. The summed E-state index contributed by atoms with van der Waals surface area (Å²) < 4.78 is 10.7. The van der Waals surface area contributed by atoms with Crippen molar-refractivity contribution in [2.75, 3.05) is 11.9 Å². The normalized spacial score (nSPS) is 16.0. The van der Waals surface area contributed by atoms with Crippen LogP contribution in [0.5, 0.6) is 5.75 Å². The Morgan fingerprint density at radius 1 is 1.13 bits per heavy atom. The predicted octanol–water partition coefficient (Wildman–Crippen LogP) is 3.40. The van der Waals surface area contributed by atoms with Crippen LogP contribution in [0.3, 0.4) is 0 Å². The fourth-order valence-electron chi connectivity index (χ4n) is 3.39. The quantitative estimate of drug-likeness (QED) is 0.634. The molecule has 0 saturated carbocycles. The van der Waals surface area contributed by atoms with Gasteiger partial charge < -0.3 is 20.1 Å². The molecule has 7 nitrogen and oxygen atoms in total. The van der Waals surface area contributed by atoms with E-state index in [4.69, 9.17) is 9.47 Å². The lowest BCUT2D eigenvalue weighted by Gasteiger charge is -2.25. The van der Waals surface area contributed by atoms with Gasteiger partial charge in [0.05, 0.1) is 18.2 Å². The van der Waals surface area contributed by atoms with E-state index in [0.717, 1.165) is 12.0 Å². The fourth-order valence-corrected chi connectivity index (χ4v) is 3.39. The van der Waals surface area contributed by atoms with Gasteiger partial charge in [0.1, 0.15) is 5.75 Å². The van der Waals surface area contributed by atoms with E-state index in [-0.39, 0.29) is 18.4 Å². The Morgan fingerprint density at radius 2 is 1.84 bits per heavy atom. The number of nitrogens with one attached hydrogen (secondary N) is 2. The lowest BCUT2D eigenvalue weighted by Crippen LogP contribution is -2.39. The van der Waals surface area contributed by atoms with Crippen LogP contribution in [0.15, 0.2) is 48.5 Å². The Balaban J connectivity index is 1.51. The average Bonchev–Trinajstić information content (AvgIpc) is 2.76. The topological polar surface area (TPSA) is 93.7 Å². The van der Waals surface area contributed by atoms with Crippen molar-refractivity contribution in [2.45, 2.75) is 45.8 Å². The molecule has 31 heavy (non-hydrogen) atoms. The molecule has 0 aromatic heterocycles. The highest BCUT2D eigenvalue weighted by atomic mass is 16.5. The van der Waals surface area contributed by atoms with Gasteiger partial charge in [-0.15, -0.1) is 0 Å². The second-order valence-electron chi connectivity index (χ2n) is 7.84. The van der Waals surface area contributed by atoms with Crippen molar-refractivity contribution in [3.63, 3.8) is 0 Å². The summed E-state index contributed by atoms with van der Waals surface area (Å²) >= 11 is 0. The van der Waals surface area contributed by atoms with Crippen LogP contribution >= 0.6 is 0 Å². The number of benzene rings is 2. The van der Waals surface area contributed by atoms with Gasteiger partial charge in [0.25, 0.3) is 11.8 Å². The van der Waals surface area contributed by atoms with Crippen molar-refractivity contribution in [3.05, 3.63) is 59.7 Å². The summed E-state index contributed by atoms with van der Waals surface area (Å²) in [6, 6.07) is 14.9. The Hall–Kier alpha value is -3.35. The summed E-state index contributed by atoms with van der Waals surface area (Å²) in [5.41, 5.74) is 2.78. The van der Waals surface area contributed by atoms with Gasteiger partial charge >= 0.3 is 5.97 Å². The Morgan fingerprint density at radius 3 is 2.52 bits per heavy atom. The third-order valence-electron chi connectivity index (χ3n) is 5.15. The first-order valence-electron chi connectivity index (χ1n) is 10.5. The first-order chi connectivity index (χ1) is 14.9. The molecule has 0 unspecified atom stereocenters. The van der Waals surface area contributed by atoms with Crippen molar-refractivity contribution in [1.82, 2.24) is 5.32 Å². The van der Waals surface area contributed by atoms with Gasteiger partial charge in [-0.3, -0.25) is 14.4 Å². The van der Waals surface area contributed by atoms with Crippen LogP contribution in [-0.4, -0.2) is 30.5 Å². The Labute approximate surface area is 182 Å². The molecule has 3 rings (SSSR count). The number of carbonyl (C=O) groups excluding carboxylic acids is 3. The number of ether oxygens (including phenoxy) is 2. The van der Waals surface area contributed by atoms with Gasteiger partial charge in [0.15, 0.2) is 12.7 Å². The van der Waals surface area contributed by atoms with E-state index in [1.807, 2.05) is 38.1 Å². The van der Waals surface area contributed by atoms with Crippen molar-refractivity contribution in [3.8, 4) is 5.75 Å². The number of esters is 1. The molecule has 0 radical (unpaired) electrons. The molecule has 2 aromatic rings. The number of carbonyl (C=O) groups is 3. The SMILES string of the molecule is CCc1ccc([C@@H](NC(=O)COC(=O)C[C@@H]2Oc3ccccc3NC2=O)C(C)C)cc1. The molecular formula is C24H28N2O5. The molecule has 1 aliphatic heterocycles. The zero-order valence-electron chi connectivity index (χ0n) is 18.0. The second-order valence-corrected chi connectivity index (χ2v) is 7.84. The van der Waals surface area contributed by atoms with Crippen LogP contribution in [-0.2, 0) is 25.5 Å². The molecule has 1 aliphatic rings. The third-order valence-corrected chi connectivity index (χ3v) is 5.15. The average molecular weight is 424 g/mol. The van der Waals surface area contributed by atoms with Gasteiger partial charge in [0.2, 0.25) is 0 Å². The number of anilines is 1. The van der Waals surface area contributed by atoms with E-state index in [9.17, 15) is 14.4 Å². The number of para-hydroxylation sites is 2. The van der Waals surface area contributed by atoms with Crippen LogP contribution in [0.1, 0.15) is 44.4 Å².